The number of hydrogen-bond donors (Lipinski definition) is 1. The number of anilines is 3. The number of nitrogens with zero attached hydrogens (tertiary/aromatic N) is 4. The van der Waals surface area contributed by atoms with E-state index in [-0.39, 0.29) is 11.5 Å². The molecule has 0 unspecified atom stereocenters. The number of aromatic nitrogens is 2. The lowest BCUT2D eigenvalue weighted by molar-refractivity contribution is -0.383. The number of nitro groups is 1. The summed E-state index contributed by atoms with van der Waals surface area (Å²) in [4.78, 5) is 22.0. The van der Waals surface area contributed by atoms with Crippen molar-refractivity contribution in [1.29, 1.82) is 0 Å². The molecule has 0 atom stereocenters. The molecule has 0 fully saturated rings. The summed E-state index contributed by atoms with van der Waals surface area (Å²) in [5, 5.41) is 14.9. The third-order valence-electron chi connectivity index (χ3n) is 3.81. The predicted molar refractivity (Wildman–Crippen MR) is 111 cm³/mol. The van der Waals surface area contributed by atoms with Gasteiger partial charge < -0.3 is 10.2 Å². The van der Waals surface area contributed by atoms with Gasteiger partial charge in [-0.3, -0.25) is 10.1 Å². The fourth-order valence-electron chi connectivity index (χ4n) is 2.51. The van der Waals surface area contributed by atoms with Gasteiger partial charge in [-0.25, -0.2) is 9.97 Å². The first-order valence-electron chi connectivity index (χ1n) is 8.37. The topological polar surface area (TPSA) is 84.2 Å². The maximum absolute atomic E-state index is 11.8. The average molecular weight is 487 g/mol. The molecule has 1 heterocycles. The SMILES string of the molecule is CCCCN(CC)c1nc(C)nc(Nc2ccc(Br)cc2Br)c1[N+](=O)[O-]. The van der Waals surface area contributed by atoms with Crippen molar-refractivity contribution in [2.45, 2.75) is 33.6 Å². The molecule has 26 heavy (non-hydrogen) atoms. The third kappa shape index (κ3) is 4.91. The zero-order valence-electron chi connectivity index (χ0n) is 14.9. The Morgan fingerprint density at radius 1 is 1.27 bits per heavy atom. The molecule has 140 valence electrons. The summed E-state index contributed by atoms with van der Waals surface area (Å²) in [5.74, 6) is 1.03. The molecule has 0 amide bonds. The van der Waals surface area contributed by atoms with E-state index in [9.17, 15) is 10.1 Å². The molecule has 1 aromatic heterocycles. The number of benzene rings is 1. The van der Waals surface area contributed by atoms with E-state index in [0.29, 0.717) is 30.4 Å². The standard InChI is InChI=1S/C17H21Br2N5O2/c1-4-6-9-23(5-2)17-15(24(25)26)16(20-11(3)21-17)22-14-8-7-12(18)10-13(14)19/h7-8,10H,4-6,9H2,1-3H3,(H,20,21,22). The van der Waals surface area contributed by atoms with Gasteiger partial charge in [-0.1, -0.05) is 29.3 Å². The fourth-order valence-corrected chi connectivity index (χ4v) is 3.65. The minimum atomic E-state index is -0.418. The molecule has 0 spiro atoms. The van der Waals surface area contributed by atoms with E-state index in [4.69, 9.17) is 0 Å². The minimum absolute atomic E-state index is 0.108. The number of rotatable bonds is 8. The fraction of sp³-hybridized carbons (Fsp3) is 0.412. The summed E-state index contributed by atoms with van der Waals surface area (Å²) in [6.07, 6.45) is 1.94. The quantitative estimate of drug-likeness (QED) is 0.386. The highest BCUT2D eigenvalue weighted by molar-refractivity contribution is 9.11. The van der Waals surface area contributed by atoms with E-state index in [1.807, 2.05) is 30.0 Å². The van der Waals surface area contributed by atoms with Crippen molar-refractivity contribution >= 4 is 54.9 Å². The molecule has 0 saturated heterocycles. The Hall–Kier alpha value is -1.74. The molecular weight excluding hydrogens is 466 g/mol. The highest BCUT2D eigenvalue weighted by Crippen LogP contribution is 2.36. The van der Waals surface area contributed by atoms with Gasteiger partial charge in [-0.05, 0) is 54.4 Å². The summed E-state index contributed by atoms with van der Waals surface area (Å²) >= 11 is 6.86. The Balaban J connectivity index is 2.53. The molecular formula is C17H21Br2N5O2. The van der Waals surface area contributed by atoms with Crippen molar-refractivity contribution in [2.75, 3.05) is 23.3 Å². The van der Waals surface area contributed by atoms with Crippen LogP contribution in [0, 0.1) is 17.0 Å². The van der Waals surface area contributed by atoms with Gasteiger partial charge >= 0.3 is 5.69 Å². The normalized spacial score (nSPS) is 10.7. The second kappa shape index (κ2) is 9.27. The number of nitrogens with one attached hydrogen (secondary N) is 1. The highest BCUT2D eigenvalue weighted by atomic mass is 79.9. The van der Waals surface area contributed by atoms with Gasteiger partial charge in [0.1, 0.15) is 5.82 Å². The summed E-state index contributed by atoms with van der Waals surface area (Å²) < 4.78 is 1.68. The van der Waals surface area contributed by atoms with Crippen LogP contribution >= 0.6 is 31.9 Å². The van der Waals surface area contributed by atoms with Crippen molar-refractivity contribution in [3.63, 3.8) is 0 Å². The van der Waals surface area contributed by atoms with Crippen LogP contribution in [0.1, 0.15) is 32.5 Å². The molecule has 0 aliphatic rings. The first-order chi connectivity index (χ1) is 12.4. The first kappa shape index (κ1) is 20.6. The largest absolute Gasteiger partial charge is 0.353 e. The second-order valence-electron chi connectivity index (χ2n) is 5.73. The van der Waals surface area contributed by atoms with Crippen molar-refractivity contribution in [1.82, 2.24) is 9.97 Å². The maximum atomic E-state index is 11.8. The molecule has 0 aliphatic heterocycles. The summed E-state index contributed by atoms with van der Waals surface area (Å²) in [7, 11) is 0. The summed E-state index contributed by atoms with van der Waals surface area (Å²) in [5.41, 5.74) is 0.584. The second-order valence-corrected chi connectivity index (χ2v) is 7.50. The lowest BCUT2D eigenvalue weighted by Crippen LogP contribution is -2.26. The number of halogens is 2. The zero-order chi connectivity index (χ0) is 19.3. The van der Waals surface area contributed by atoms with Crippen molar-refractivity contribution in [3.05, 3.63) is 43.1 Å². The Morgan fingerprint density at radius 3 is 2.58 bits per heavy atom. The maximum Gasteiger partial charge on any atom is 0.353 e. The van der Waals surface area contributed by atoms with Crippen LogP contribution in [0.2, 0.25) is 0 Å². The van der Waals surface area contributed by atoms with E-state index < -0.39 is 4.92 Å². The van der Waals surface area contributed by atoms with Crippen LogP contribution in [0.25, 0.3) is 0 Å². The van der Waals surface area contributed by atoms with Gasteiger partial charge in [0.15, 0.2) is 0 Å². The average Bonchev–Trinajstić information content (AvgIpc) is 2.57. The van der Waals surface area contributed by atoms with E-state index >= 15 is 0 Å². The Morgan fingerprint density at radius 2 is 2.00 bits per heavy atom. The van der Waals surface area contributed by atoms with Crippen LogP contribution < -0.4 is 10.2 Å². The van der Waals surface area contributed by atoms with Crippen LogP contribution in [0.4, 0.5) is 23.0 Å². The number of aryl methyl sites for hydroxylation is 1. The van der Waals surface area contributed by atoms with E-state index in [0.717, 1.165) is 21.8 Å². The Kier molecular flexibility index (Phi) is 7.33. The zero-order valence-corrected chi connectivity index (χ0v) is 18.1. The van der Waals surface area contributed by atoms with E-state index in [2.05, 4.69) is 54.1 Å². The van der Waals surface area contributed by atoms with Crippen LogP contribution in [-0.4, -0.2) is 28.0 Å². The Bertz CT molecular complexity index is 801. The van der Waals surface area contributed by atoms with Gasteiger partial charge in [0.2, 0.25) is 11.6 Å². The van der Waals surface area contributed by atoms with Crippen molar-refractivity contribution in [3.8, 4) is 0 Å². The molecule has 2 rings (SSSR count). The van der Waals surface area contributed by atoms with Gasteiger partial charge in [-0.15, -0.1) is 0 Å². The molecule has 0 radical (unpaired) electrons. The van der Waals surface area contributed by atoms with Gasteiger partial charge in [0.05, 0.1) is 10.6 Å². The van der Waals surface area contributed by atoms with Gasteiger partial charge in [0, 0.05) is 22.0 Å². The molecule has 0 bridgehead atoms. The highest BCUT2D eigenvalue weighted by Gasteiger charge is 2.28. The summed E-state index contributed by atoms with van der Waals surface area (Å²) in [6, 6.07) is 5.54. The molecule has 2 aromatic rings. The third-order valence-corrected chi connectivity index (χ3v) is 4.96. The van der Waals surface area contributed by atoms with E-state index in [1.54, 1.807) is 6.92 Å². The monoisotopic (exact) mass is 485 g/mol. The lowest BCUT2D eigenvalue weighted by atomic mass is 10.2. The van der Waals surface area contributed by atoms with Gasteiger partial charge in [-0.2, -0.15) is 0 Å². The summed E-state index contributed by atoms with van der Waals surface area (Å²) in [6.45, 7) is 7.15. The van der Waals surface area contributed by atoms with Crippen LogP contribution in [0.5, 0.6) is 0 Å². The number of hydrogen-bond acceptors (Lipinski definition) is 6. The van der Waals surface area contributed by atoms with Crippen molar-refractivity contribution < 1.29 is 4.92 Å². The predicted octanol–water partition coefficient (Wildman–Crippen LogP) is 5.59. The number of unbranched alkanes of at least 4 members (excludes halogenated alkanes) is 1. The van der Waals surface area contributed by atoms with E-state index in [1.165, 1.54) is 0 Å². The first-order valence-corrected chi connectivity index (χ1v) is 9.96. The van der Waals surface area contributed by atoms with Gasteiger partial charge in [0.25, 0.3) is 0 Å². The van der Waals surface area contributed by atoms with Crippen LogP contribution in [0.15, 0.2) is 27.1 Å². The van der Waals surface area contributed by atoms with Crippen LogP contribution in [0.3, 0.4) is 0 Å². The smallest absolute Gasteiger partial charge is 0.351 e. The minimum Gasteiger partial charge on any atom is -0.351 e. The molecule has 9 heteroatoms. The molecule has 1 aromatic carbocycles. The lowest BCUT2D eigenvalue weighted by Gasteiger charge is -2.22. The van der Waals surface area contributed by atoms with Crippen molar-refractivity contribution in [2.24, 2.45) is 0 Å². The molecule has 1 N–H and O–H groups in total. The Labute approximate surface area is 169 Å². The van der Waals surface area contributed by atoms with Crippen LogP contribution in [-0.2, 0) is 0 Å². The molecule has 7 nitrogen and oxygen atoms in total. The molecule has 0 aliphatic carbocycles. The molecule has 0 saturated carbocycles.